The first-order chi connectivity index (χ1) is 24.5. The van der Waals surface area contributed by atoms with Crippen LogP contribution in [0.2, 0.25) is 0 Å². The van der Waals surface area contributed by atoms with Crippen LogP contribution in [0.1, 0.15) is 79.0 Å². The first-order valence-corrected chi connectivity index (χ1v) is 16.9. The molecule has 6 rings (SSSR count). The van der Waals surface area contributed by atoms with Gasteiger partial charge in [0.1, 0.15) is 17.8 Å². The number of fused-ring (bicyclic) bond motifs is 1. The molecule has 1 saturated heterocycles. The third-order valence-electron chi connectivity index (χ3n) is 10.7. The topological polar surface area (TPSA) is 174 Å². The second kappa shape index (κ2) is 13.4. The first-order valence-electron chi connectivity index (χ1n) is 16.9. The number of hydrogen-bond donors (Lipinski definition) is 1. The summed E-state index contributed by atoms with van der Waals surface area (Å²) >= 11 is 0. The minimum Gasteiger partial charge on any atom is -0.459 e. The lowest BCUT2D eigenvalue weighted by Gasteiger charge is -2.66. The number of hydrogen-bond acceptors (Lipinski definition) is 13. The Bertz CT molecular complexity index is 1850. The predicted molar refractivity (Wildman–Crippen MR) is 181 cm³/mol. The predicted octanol–water partition coefficient (Wildman–Crippen LogP) is 4.26. The molecule has 0 radical (unpaired) electrons. The van der Waals surface area contributed by atoms with Crippen LogP contribution in [0.5, 0.6) is 0 Å². The highest BCUT2D eigenvalue weighted by molar-refractivity contribution is 5.91. The summed E-state index contributed by atoms with van der Waals surface area (Å²) in [6.07, 6.45) is -4.98. The van der Waals surface area contributed by atoms with Crippen molar-refractivity contribution in [2.24, 2.45) is 11.3 Å². The zero-order valence-corrected chi connectivity index (χ0v) is 29.6. The van der Waals surface area contributed by atoms with Gasteiger partial charge in [-0.2, -0.15) is 0 Å². The van der Waals surface area contributed by atoms with Gasteiger partial charge in [-0.15, -0.1) is 0 Å². The summed E-state index contributed by atoms with van der Waals surface area (Å²) in [4.78, 5) is 71.4. The second-order valence-electron chi connectivity index (χ2n) is 14.3. The molecule has 274 valence electrons. The average Bonchev–Trinajstić information content (AvgIpc) is 3.29. The number of carbonyl (C=O) groups is 5. The minimum atomic E-state index is -2.40. The number of ether oxygens (including phenoxy) is 6. The Morgan fingerprint density at radius 3 is 1.73 bits per heavy atom. The monoisotopic (exact) mass is 715 g/mol. The first kappa shape index (κ1) is 36.6. The van der Waals surface area contributed by atoms with Crippen LogP contribution in [-0.4, -0.2) is 87.3 Å². The van der Waals surface area contributed by atoms with E-state index in [1.165, 1.54) is 50.5 Å². The van der Waals surface area contributed by atoms with E-state index in [0.717, 1.165) is 6.92 Å². The number of benzene rings is 2. The van der Waals surface area contributed by atoms with Crippen molar-refractivity contribution in [1.82, 2.24) is 4.98 Å². The van der Waals surface area contributed by atoms with E-state index in [2.05, 4.69) is 4.98 Å². The molecule has 13 heteroatoms. The summed E-state index contributed by atoms with van der Waals surface area (Å²) in [5, 5.41) is 13.1. The molecular formula is C39H41NO12. The molecular weight excluding hydrogens is 674 g/mol. The van der Waals surface area contributed by atoms with Gasteiger partial charge in [0.05, 0.1) is 27.7 Å². The van der Waals surface area contributed by atoms with E-state index >= 15 is 0 Å². The second-order valence-corrected chi connectivity index (χ2v) is 14.3. The van der Waals surface area contributed by atoms with Crippen LogP contribution in [0.3, 0.4) is 0 Å². The highest BCUT2D eigenvalue weighted by atomic mass is 16.7. The highest BCUT2D eigenvalue weighted by Crippen LogP contribution is 2.69. The normalized spacial score (nSPS) is 32.8. The number of aliphatic hydroxyl groups is 1. The van der Waals surface area contributed by atoms with Crippen molar-refractivity contribution in [3.63, 3.8) is 0 Å². The molecule has 1 N–H and O–H groups in total. The maximum absolute atomic E-state index is 14.0. The summed E-state index contributed by atoms with van der Waals surface area (Å²) < 4.78 is 37.5. The van der Waals surface area contributed by atoms with Crippen molar-refractivity contribution in [2.75, 3.05) is 0 Å². The van der Waals surface area contributed by atoms with E-state index in [1.807, 2.05) is 0 Å². The van der Waals surface area contributed by atoms with Crippen LogP contribution in [-0.2, 0) is 38.0 Å². The lowest BCUT2D eigenvalue weighted by atomic mass is 9.46. The third-order valence-corrected chi connectivity index (χ3v) is 10.7. The van der Waals surface area contributed by atoms with E-state index in [4.69, 9.17) is 28.4 Å². The van der Waals surface area contributed by atoms with Crippen molar-refractivity contribution in [3.05, 3.63) is 102 Å². The van der Waals surface area contributed by atoms with Crippen LogP contribution >= 0.6 is 0 Å². The fraction of sp³-hybridized carbons (Fsp3) is 0.436. The molecule has 2 heterocycles. The molecule has 1 spiro atoms. The number of nitrogens with zero attached hydrogens (tertiary/aromatic N) is 1. The third kappa shape index (κ3) is 5.91. The fourth-order valence-corrected chi connectivity index (χ4v) is 8.49. The number of esters is 5. The molecule has 2 bridgehead atoms. The maximum Gasteiger partial charge on any atom is 0.340 e. The van der Waals surface area contributed by atoms with Gasteiger partial charge < -0.3 is 33.5 Å². The molecule has 2 saturated carbocycles. The Kier molecular flexibility index (Phi) is 9.47. The van der Waals surface area contributed by atoms with Crippen LogP contribution in [0.4, 0.5) is 0 Å². The Morgan fingerprint density at radius 2 is 1.19 bits per heavy atom. The lowest BCUT2D eigenvalue weighted by Crippen LogP contribution is -2.86. The van der Waals surface area contributed by atoms with E-state index < -0.39 is 88.5 Å². The molecule has 9 atom stereocenters. The van der Waals surface area contributed by atoms with E-state index in [0.29, 0.717) is 0 Å². The lowest BCUT2D eigenvalue weighted by molar-refractivity contribution is -0.366. The summed E-state index contributed by atoms with van der Waals surface area (Å²) in [5.41, 5.74) is -7.25. The van der Waals surface area contributed by atoms with Crippen LogP contribution in [0.15, 0.2) is 85.2 Å². The largest absolute Gasteiger partial charge is 0.459 e. The Labute approximate surface area is 300 Å². The standard InChI is InChI=1S/C39H41NO12/c1-22(41)47-29-31(50-34(44)25-16-11-8-12-17-25)37(5)28(49-33(43)24-14-9-7-10-15-24)20-27-30(48-23(2)42)39(37,52-36(27,3)4)38(6,46)32(29)51-35(45)26-18-13-19-40-21-26/h7-19,21,27-32,46H,20H2,1-6H3/t27-,28+,29+,30-,31+,32+,37-,38+,39-/m1/s1. The quantitative estimate of drug-likeness (QED) is 0.259. The molecule has 0 unspecified atom stereocenters. The molecule has 1 aliphatic heterocycles. The number of aromatic nitrogens is 1. The average molecular weight is 716 g/mol. The summed E-state index contributed by atoms with van der Waals surface area (Å²) in [7, 11) is 0. The SMILES string of the molecule is CC(=O)O[C@H]1[C@H](OC(=O)c2ccccc2)[C@@]2(C)[C@@H](OC(=O)c3ccccc3)C[C@@H]3[C@@H](OC(C)=O)[C@]2(OC3(C)C)[C@@](C)(O)[C@H]1OC(=O)c1cccnc1. The van der Waals surface area contributed by atoms with Gasteiger partial charge >= 0.3 is 29.8 Å². The van der Waals surface area contributed by atoms with Gasteiger partial charge in [-0.3, -0.25) is 14.6 Å². The fourth-order valence-electron chi connectivity index (χ4n) is 8.49. The Balaban J connectivity index is 1.61. The Morgan fingerprint density at radius 1 is 0.673 bits per heavy atom. The number of pyridine rings is 1. The number of carbonyl (C=O) groups excluding carboxylic acids is 5. The van der Waals surface area contributed by atoms with Gasteiger partial charge in [0.15, 0.2) is 23.9 Å². The van der Waals surface area contributed by atoms with Crippen molar-refractivity contribution in [1.29, 1.82) is 0 Å². The van der Waals surface area contributed by atoms with Crippen LogP contribution in [0.25, 0.3) is 0 Å². The molecule has 0 amide bonds. The van der Waals surface area contributed by atoms with Crippen LogP contribution < -0.4 is 0 Å². The van der Waals surface area contributed by atoms with Crippen molar-refractivity contribution >= 4 is 29.8 Å². The zero-order valence-electron chi connectivity index (χ0n) is 29.6. The van der Waals surface area contributed by atoms with Crippen molar-refractivity contribution in [2.45, 2.75) is 95.3 Å². The summed E-state index contributed by atoms with van der Waals surface area (Å²) in [5.74, 6) is -4.84. The van der Waals surface area contributed by atoms with Gasteiger partial charge in [-0.25, -0.2) is 14.4 Å². The zero-order chi connectivity index (χ0) is 37.6. The molecule has 3 fully saturated rings. The maximum atomic E-state index is 14.0. The summed E-state index contributed by atoms with van der Waals surface area (Å²) in [6, 6.07) is 19.2. The van der Waals surface area contributed by atoms with Crippen LogP contribution in [0, 0.1) is 11.3 Å². The van der Waals surface area contributed by atoms with Crippen molar-refractivity contribution in [3.8, 4) is 0 Å². The van der Waals surface area contributed by atoms with Gasteiger partial charge in [-0.05, 0) is 70.5 Å². The highest BCUT2D eigenvalue weighted by Gasteiger charge is 2.87. The van der Waals surface area contributed by atoms with Gasteiger partial charge in [-0.1, -0.05) is 36.4 Å². The molecule has 3 aliphatic rings. The molecule has 13 nitrogen and oxygen atoms in total. The molecule has 2 aromatic carbocycles. The van der Waals surface area contributed by atoms with Crippen molar-refractivity contribution < 1.29 is 57.5 Å². The molecule has 52 heavy (non-hydrogen) atoms. The van der Waals surface area contributed by atoms with E-state index in [9.17, 15) is 29.1 Å². The summed E-state index contributed by atoms with van der Waals surface area (Å²) in [6.45, 7) is 8.67. The molecule has 1 aromatic heterocycles. The molecule has 2 aliphatic carbocycles. The van der Waals surface area contributed by atoms with Gasteiger partial charge in [0.25, 0.3) is 0 Å². The smallest absolute Gasteiger partial charge is 0.340 e. The molecule has 3 aromatic rings. The Hall–Kier alpha value is -5.14. The van der Waals surface area contributed by atoms with Gasteiger partial charge in [0, 0.05) is 32.2 Å². The minimum absolute atomic E-state index is 0.00364. The van der Waals surface area contributed by atoms with E-state index in [1.54, 1.807) is 69.3 Å². The van der Waals surface area contributed by atoms with Gasteiger partial charge in [0.2, 0.25) is 0 Å². The number of rotatable bonds is 8. The van der Waals surface area contributed by atoms with E-state index in [-0.39, 0.29) is 23.1 Å².